The second-order valence-corrected chi connectivity index (χ2v) is 16.0. The van der Waals surface area contributed by atoms with Crippen molar-refractivity contribution in [2.24, 2.45) is 0 Å². The van der Waals surface area contributed by atoms with Gasteiger partial charge in [-0.25, -0.2) is 0 Å². The molecule has 0 spiro atoms. The fourth-order valence-electron chi connectivity index (χ4n) is 9.06. The van der Waals surface area contributed by atoms with Crippen LogP contribution in [0.4, 0.5) is 0 Å². The maximum Gasteiger partial charge on any atom is 0.0555 e. The van der Waals surface area contributed by atoms with Gasteiger partial charge in [-0.3, -0.25) is 0 Å². The van der Waals surface area contributed by atoms with Gasteiger partial charge >= 0.3 is 0 Å². The zero-order valence-electron chi connectivity index (χ0n) is 30.9. The highest BCUT2D eigenvalue weighted by Crippen LogP contribution is 2.45. The number of benzene rings is 9. The molecule has 0 atom stereocenters. The molecule has 3 heteroatoms. The highest BCUT2D eigenvalue weighted by atomic mass is 32.1. The van der Waals surface area contributed by atoms with Gasteiger partial charge in [-0.15, -0.1) is 11.3 Å². The minimum Gasteiger partial charge on any atom is -0.309 e. The van der Waals surface area contributed by atoms with Crippen LogP contribution in [0.3, 0.4) is 0 Å². The highest BCUT2D eigenvalue weighted by Gasteiger charge is 2.19. The Morgan fingerprint density at radius 3 is 1.58 bits per heavy atom. The Balaban J connectivity index is 1.06. The van der Waals surface area contributed by atoms with E-state index in [1.165, 1.54) is 97.2 Å². The molecule has 266 valence electrons. The lowest BCUT2D eigenvalue weighted by Crippen LogP contribution is -1.94. The van der Waals surface area contributed by atoms with Gasteiger partial charge < -0.3 is 9.13 Å². The first kappa shape index (κ1) is 32.1. The summed E-state index contributed by atoms with van der Waals surface area (Å²) in [6.07, 6.45) is 0. The third-order valence-corrected chi connectivity index (χ3v) is 12.9. The second-order valence-electron chi connectivity index (χ2n) is 14.9. The first-order valence-corrected chi connectivity index (χ1v) is 20.3. The van der Waals surface area contributed by atoms with E-state index in [1.807, 2.05) is 11.3 Å². The van der Waals surface area contributed by atoms with Gasteiger partial charge in [0.2, 0.25) is 0 Å². The average molecular weight is 743 g/mol. The monoisotopic (exact) mass is 742 g/mol. The zero-order valence-corrected chi connectivity index (χ0v) is 31.7. The first-order valence-electron chi connectivity index (χ1n) is 19.5. The number of para-hydroxylation sites is 1. The Hall–Kier alpha value is -7.20. The van der Waals surface area contributed by atoms with Crippen molar-refractivity contribution in [3.8, 4) is 44.8 Å². The first-order chi connectivity index (χ1) is 28.3. The van der Waals surface area contributed by atoms with Gasteiger partial charge in [0, 0.05) is 53.1 Å². The van der Waals surface area contributed by atoms with Crippen LogP contribution in [0.2, 0.25) is 0 Å². The zero-order chi connectivity index (χ0) is 37.5. The maximum atomic E-state index is 2.45. The maximum absolute atomic E-state index is 2.45. The van der Waals surface area contributed by atoms with Crippen LogP contribution in [0.25, 0.3) is 109 Å². The highest BCUT2D eigenvalue weighted by molar-refractivity contribution is 7.26. The molecule has 2 nitrogen and oxygen atoms in total. The van der Waals surface area contributed by atoms with Crippen molar-refractivity contribution < 1.29 is 0 Å². The number of rotatable bonds is 5. The smallest absolute Gasteiger partial charge is 0.0555 e. The lowest BCUT2D eigenvalue weighted by Gasteiger charge is -2.11. The predicted octanol–water partition coefficient (Wildman–Crippen LogP) is 15.2. The van der Waals surface area contributed by atoms with E-state index in [0.717, 1.165) is 11.4 Å². The van der Waals surface area contributed by atoms with Crippen LogP contribution in [0.1, 0.15) is 0 Å². The van der Waals surface area contributed by atoms with E-state index in [1.54, 1.807) is 0 Å². The van der Waals surface area contributed by atoms with Crippen molar-refractivity contribution in [3.63, 3.8) is 0 Å². The summed E-state index contributed by atoms with van der Waals surface area (Å²) in [5.41, 5.74) is 14.5. The molecule has 57 heavy (non-hydrogen) atoms. The topological polar surface area (TPSA) is 9.86 Å². The van der Waals surface area contributed by atoms with Gasteiger partial charge in [0.15, 0.2) is 0 Å². The molecule has 0 fully saturated rings. The number of hydrogen-bond donors (Lipinski definition) is 0. The largest absolute Gasteiger partial charge is 0.309 e. The van der Waals surface area contributed by atoms with Crippen LogP contribution in [-0.4, -0.2) is 9.13 Å². The summed E-state index contributed by atoms with van der Waals surface area (Å²) in [6.45, 7) is 0. The SMILES string of the molecule is c1ccc(-c2ccc(-n3c4ccc(-c5ccc6c(c5)c5ccccc5n6-c5cccc(-c6ccccc6)c5)cc4c4c5sc6ccccc6c5ccc43)cc2)cc1. The lowest BCUT2D eigenvalue weighted by atomic mass is 10.00. The fraction of sp³-hybridized carbons (Fsp3) is 0. The Morgan fingerprint density at radius 1 is 0.281 bits per heavy atom. The number of fused-ring (bicyclic) bond motifs is 10. The van der Waals surface area contributed by atoms with Gasteiger partial charge in [-0.2, -0.15) is 0 Å². The van der Waals surface area contributed by atoms with Gasteiger partial charge in [0.25, 0.3) is 0 Å². The average Bonchev–Trinajstić information content (AvgIpc) is 3.94. The van der Waals surface area contributed by atoms with Crippen LogP contribution in [0.5, 0.6) is 0 Å². The number of thiophene rings is 1. The molecular formula is C54H34N2S. The van der Waals surface area contributed by atoms with E-state index in [2.05, 4.69) is 215 Å². The molecule has 0 aliphatic carbocycles. The third-order valence-electron chi connectivity index (χ3n) is 11.7. The molecule has 12 aromatic rings. The molecule has 0 N–H and O–H groups in total. The number of aromatic nitrogens is 2. The molecule has 3 aromatic heterocycles. The van der Waals surface area contributed by atoms with Crippen molar-refractivity contribution >= 4 is 75.1 Å². The molecule has 9 aromatic carbocycles. The van der Waals surface area contributed by atoms with Crippen molar-refractivity contribution in [2.75, 3.05) is 0 Å². The van der Waals surface area contributed by atoms with Crippen molar-refractivity contribution in [2.45, 2.75) is 0 Å². The summed E-state index contributed by atoms with van der Waals surface area (Å²) < 4.78 is 7.53. The molecule has 0 saturated carbocycles. The number of hydrogen-bond acceptors (Lipinski definition) is 1. The Bertz CT molecular complexity index is 3490. The summed E-state index contributed by atoms with van der Waals surface area (Å²) in [6, 6.07) is 75.5. The second kappa shape index (κ2) is 12.7. The molecule has 0 unspecified atom stereocenters. The van der Waals surface area contributed by atoms with E-state index >= 15 is 0 Å². The van der Waals surface area contributed by atoms with Gasteiger partial charge in [-0.05, 0) is 100 Å². The minimum absolute atomic E-state index is 1.16. The molecule has 0 bridgehead atoms. The molecule has 12 rings (SSSR count). The Labute approximate surface area is 333 Å². The molecule has 3 heterocycles. The fourth-order valence-corrected chi connectivity index (χ4v) is 10.3. The summed E-state index contributed by atoms with van der Waals surface area (Å²) >= 11 is 1.90. The van der Waals surface area contributed by atoms with Gasteiger partial charge in [-0.1, -0.05) is 140 Å². The van der Waals surface area contributed by atoms with Crippen LogP contribution < -0.4 is 0 Å². The van der Waals surface area contributed by atoms with Crippen LogP contribution in [0.15, 0.2) is 206 Å². The minimum atomic E-state index is 1.16. The summed E-state index contributed by atoms with van der Waals surface area (Å²) in [4.78, 5) is 0. The predicted molar refractivity (Wildman–Crippen MR) is 244 cm³/mol. The van der Waals surface area contributed by atoms with E-state index in [9.17, 15) is 0 Å². The lowest BCUT2D eigenvalue weighted by molar-refractivity contribution is 1.18. The number of nitrogens with zero attached hydrogens (tertiary/aromatic N) is 2. The van der Waals surface area contributed by atoms with Crippen molar-refractivity contribution in [1.82, 2.24) is 9.13 Å². The van der Waals surface area contributed by atoms with Crippen molar-refractivity contribution in [3.05, 3.63) is 206 Å². The molecule has 0 amide bonds. The molecule has 0 saturated heterocycles. The van der Waals surface area contributed by atoms with Crippen LogP contribution >= 0.6 is 11.3 Å². The van der Waals surface area contributed by atoms with E-state index in [4.69, 9.17) is 0 Å². The van der Waals surface area contributed by atoms with E-state index in [0.29, 0.717) is 0 Å². The Kier molecular flexibility index (Phi) is 7.13. The summed E-state index contributed by atoms with van der Waals surface area (Å²) in [5, 5.41) is 7.72. The van der Waals surface area contributed by atoms with E-state index in [-0.39, 0.29) is 0 Å². The quantitative estimate of drug-likeness (QED) is 0.166. The van der Waals surface area contributed by atoms with Gasteiger partial charge in [0.1, 0.15) is 0 Å². The molecule has 0 aliphatic heterocycles. The molecular weight excluding hydrogens is 709 g/mol. The van der Waals surface area contributed by atoms with Crippen molar-refractivity contribution in [1.29, 1.82) is 0 Å². The summed E-state index contributed by atoms with van der Waals surface area (Å²) in [5.74, 6) is 0. The van der Waals surface area contributed by atoms with Crippen LogP contribution in [-0.2, 0) is 0 Å². The van der Waals surface area contributed by atoms with Gasteiger partial charge in [0.05, 0.1) is 22.1 Å². The standard InChI is InChI=1S/C54H34N2S/c1-3-12-35(13-4-1)37-22-26-41(27-23-37)55-50-30-25-40(34-47(50)53-51(55)31-28-45-44-19-8-10-21-52(44)57-54(45)53)39-24-29-49-46(33-39)43-18-7-9-20-48(43)56(49)42-17-11-16-38(32-42)36-14-5-2-6-15-36/h1-34H. The Morgan fingerprint density at radius 2 is 0.807 bits per heavy atom. The molecule has 0 radical (unpaired) electrons. The third kappa shape index (κ3) is 5.03. The van der Waals surface area contributed by atoms with E-state index < -0.39 is 0 Å². The van der Waals surface area contributed by atoms with Crippen LogP contribution in [0, 0.1) is 0 Å². The summed E-state index contributed by atoms with van der Waals surface area (Å²) in [7, 11) is 0. The molecule has 0 aliphatic rings. The normalized spacial score (nSPS) is 11.9.